The lowest BCUT2D eigenvalue weighted by molar-refractivity contribution is -0.119. The first kappa shape index (κ1) is 31.5. The normalized spacial score (nSPS) is 14.0. The van der Waals surface area contributed by atoms with E-state index >= 15 is 0 Å². The van der Waals surface area contributed by atoms with Crippen LogP contribution in [0.3, 0.4) is 0 Å². The van der Waals surface area contributed by atoms with Crippen molar-refractivity contribution in [2.75, 3.05) is 41.7 Å². The largest absolute Gasteiger partial charge is 0.496 e. The van der Waals surface area contributed by atoms with E-state index in [-0.39, 0.29) is 46.4 Å². The van der Waals surface area contributed by atoms with E-state index in [4.69, 9.17) is 32.8 Å². The van der Waals surface area contributed by atoms with Crippen LogP contribution in [-0.4, -0.2) is 52.6 Å². The van der Waals surface area contributed by atoms with Crippen LogP contribution in [0.15, 0.2) is 68.7 Å². The number of carbonyl (C=O) groups excluding carboxylic acids is 2. The third kappa shape index (κ3) is 6.63. The number of carbonyl (C=O) groups is 2. The van der Waals surface area contributed by atoms with Gasteiger partial charge in [-0.2, -0.15) is 0 Å². The van der Waals surface area contributed by atoms with Crippen LogP contribution in [0.25, 0.3) is 27.9 Å². The molecule has 3 aromatic carbocycles. The number of Topliss-reactive ketones (excluding diaryl/α,β-unsaturated/α-hetero) is 1. The summed E-state index contributed by atoms with van der Waals surface area (Å²) in [5, 5.41) is 0.0920. The van der Waals surface area contributed by atoms with Crippen molar-refractivity contribution < 1.29 is 42.4 Å². The highest BCUT2D eigenvalue weighted by Crippen LogP contribution is 2.39. The van der Waals surface area contributed by atoms with E-state index in [0.717, 1.165) is 22.9 Å². The number of thioether (sulfide) groups is 1. The SMILES string of the molecule is COc1cc(OC)c2c(=O)c(OCCCOc3ccc(/C(C)=C4\SC(=O)CC4=O)cc3)c(-c3ccc(OC)c(OC)c3)oc2c1. The topological polar surface area (TPSA) is 120 Å². The predicted molar refractivity (Wildman–Crippen MR) is 171 cm³/mol. The summed E-state index contributed by atoms with van der Waals surface area (Å²) in [6, 6.07) is 15.7. The van der Waals surface area contributed by atoms with Gasteiger partial charge in [0.1, 0.15) is 28.2 Å². The lowest BCUT2D eigenvalue weighted by Gasteiger charge is -2.15. The Morgan fingerprint density at radius 3 is 2.13 bits per heavy atom. The molecule has 4 aromatic rings. The number of benzene rings is 3. The number of hydrogen-bond acceptors (Lipinski definition) is 11. The van der Waals surface area contributed by atoms with Gasteiger partial charge in [-0.1, -0.05) is 12.1 Å². The molecule has 1 aliphatic rings. The van der Waals surface area contributed by atoms with E-state index in [2.05, 4.69) is 0 Å². The molecule has 234 valence electrons. The number of hydrogen-bond donors (Lipinski definition) is 0. The first-order valence-corrected chi connectivity index (χ1v) is 14.9. The van der Waals surface area contributed by atoms with Gasteiger partial charge in [-0.25, -0.2) is 0 Å². The van der Waals surface area contributed by atoms with E-state index < -0.39 is 5.43 Å². The molecule has 0 bridgehead atoms. The highest BCUT2D eigenvalue weighted by molar-refractivity contribution is 8.18. The molecule has 5 rings (SSSR count). The van der Waals surface area contributed by atoms with E-state index in [0.29, 0.717) is 52.2 Å². The van der Waals surface area contributed by atoms with Crippen LogP contribution in [0.5, 0.6) is 34.5 Å². The molecule has 0 atom stereocenters. The monoisotopic (exact) mass is 632 g/mol. The maximum Gasteiger partial charge on any atom is 0.239 e. The van der Waals surface area contributed by atoms with E-state index in [1.165, 1.54) is 28.4 Å². The fourth-order valence-electron chi connectivity index (χ4n) is 4.88. The minimum absolute atomic E-state index is 0.0175. The van der Waals surface area contributed by atoms with Gasteiger partial charge < -0.3 is 32.8 Å². The highest BCUT2D eigenvalue weighted by atomic mass is 32.2. The summed E-state index contributed by atoms with van der Waals surface area (Å²) >= 11 is 0.999. The molecule has 0 amide bonds. The van der Waals surface area contributed by atoms with Crippen molar-refractivity contribution >= 4 is 39.2 Å². The molecule has 1 aliphatic heterocycles. The second-order valence-electron chi connectivity index (χ2n) is 9.96. The van der Waals surface area contributed by atoms with Crippen molar-refractivity contribution in [2.45, 2.75) is 19.8 Å². The second kappa shape index (κ2) is 13.8. The van der Waals surface area contributed by atoms with Crippen molar-refractivity contribution in [1.29, 1.82) is 0 Å². The molecule has 0 saturated carbocycles. The fourth-order valence-corrected chi connectivity index (χ4v) is 5.77. The number of allylic oxidation sites excluding steroid dienone is 2. The van der Waals surface area contributed by atoms with Crippen molar-refractivity contribution in [3.8, 4) is 45.8 Å². The van der Waals surface area contributed by atoms with Gasteiger partial charge in [-0.3, -0.25) is 14.4 Å². The molecule has 1 saturated heterocycles. The highest BCUT2D eigenvalue weighted by Gasteiger charge is 2.28. The lowest BCUT2D eigenvalue weighted by Crippen LogP contribution is -2.13. The maximum atomic E-state index is 13.8. The Morgan fingerprint density at radius 2 is 1.49 bits per heavy atom. The average molecular weight is 633 g/mol. The van der Waals surface area contributed by atoms with Crippen LogP contribution in [0, 0.1) is 0 Å². The molecule has 0 aliphatic carbocycles. The molecular formula is C34H32O10S. The maximum absolute atomic E-state index is 13.8. The van der Waals surface area contributed by atoms with Gasteiger partial charge in [0.2, 0.25) is 16.3 Å². The number of ketones is 1. The Hall–Kier alpha value is -4.90. The third-order valence-corrected chi connectivity index (χ3v) is 8.31. The first-order chi connectivity index (χ1) is 21.8. The summed E-state index contributed by atoms with van der Waals surface area (Å²) < 4.78 is 39.9. The summed E-state index contributed by atoms with van der Waals surface area (Å²) in [6.07, 6.45) is 0.403. The molecule has 45 heavy (non-hydrogen) atoms. The first-order valence-electron chi connectivity index (χ1n) is 14.0. The summed E-state index contributed by atoms with van der Waals surface area (Å²) in [7, 11) is 6.04. The minimum Gasteiger partial charge on any atom is -0.496 e. The van der Waals surface area contributed by atoms with Gasteiger partial charge in [0, 0.05) is 24.1 Å². The summed E-state index contributed by atoms with van der Waals surface area (Å²) in [5.41, 5.74) is 2.03. The lowest BCUT2D eigenvalue weighted by atomic mass is 10.1. The molecule has 0 radical (unpaired) electrons. The number of fused-ring (bicyclic) bond motifs is 1. The standard InChI is InChI=1S/C34H32O10S/c1-19(34-24(35)18-29(36)45-34)20-7-10-22(11-8-20)42-13-6-14-43-33-31(37)30-27(41-5)16-23(38-2)17-28(30)44-32(33)21-9-12-25(39-3)26(15-21)40-4/h7-12,15-17H,6,13-14,18H2,1-5H3/b34-19-. The Morgan fingerprint density at radius 1 is 0.778 bits per heavy atom. The van der Waals surface area contributed by atoms with Crippen molar-refractivity contribution in [3.05, 3.63) is 75.3 Å². The van der Waals surface area contributed by atoms with E-state index in [9.17, 15) is 14.4 Å². The van der Waals surface area contributed by atoms with Gasteiger partial charge in [-0.15, -0.1) is 0 Å². The van der Waals surface area contributed by atoms with Crippen molar-refractivity contribution in [2.24, 2.45) is 0 Å². The molecular weight excluding hydrogens is 600 g/mol. The van der Waals surface area contributed by atoms with Gasteiger partial charge in [0.25, 0.3) is 0 Å². The molecule has 10 nitrogen and oxygen atoms in total. The molecule has 11 heteroatoms. The molecule has 1 aromatic heterocycles. The molecule has 0 spiro atoms. The van der Waals surface area contributed by atoms with Crippen molar-refractivity contribution in [3.63, 3.8) is 0 Å². The fraction of sp³-hybridized carbons (Fsp3) is 0.265. The summed E-state index contributed by atoms with van der Waals surface area (Å²) in [5.74, 6) is 2.46. The van der Waals surface area contributed by atoms with Gasteiger partial charge in [0.15, 0.2) is 23.0 Å². The van der Waals surface area contributed by atoms with E-state index in [1.807, 2.05) is 19.1 Å². The average Bonchev–Trinajstić information content (AvgIpc) is 3.41. The van der Waals surface area contributed by atoms with Crippen LogP contribution in [0.4, 0.5) is 0 Å². The zero-order valence-corrected chi connectivity index (χ0v) is 26.3. The van der Waals surface area contributed by atoms with Crippen LogP contribution >= 0.6 is 11.8 Å². The van der Waals surface area contributed by atoms with Gasteiger partial charge in [0.05, 0.1) is 53.0 Å². The Balaban J connectivity index is 1.35. The molecule has 0 N–H and O–H groups in total. The van der Waals surface area contributed by atoms with Crippen LogP contribution in [-0.2, 0) is 9.59 Å². The molecule has 0 unspecified atom stereocenters. The Bertz CT molecular complexity index is 1840. The zero-order valence-electron chi connectivity index (χ0n) is 25.5. The smallest absolute Gasteiger partial charge is 0.239 e. The van der Waals surface area contributed by atoms with Crippen molar-refractivity contribution in [1.82, 2.24) is 0 Å². The predicted octanol–water partition coefficient (Wildman–Crippen LogP) is 6.31. The van der Waals surface area contributed by atoms with Crippen LogP contribution in [0.1, 0.15) is 25.3 Å². The Labute approximate surface area is 263 Å². The van der Waals surface area contributed by atoms with Gasteiger partial charge in [-0.05, 0) is 60.2 Å². The quantitative estimate of drug-likeness (QED) is 0.0993. The number of ether oxygens (including phenoxy) is 6. The molecule has 2 heterocycles. The number of rotatable bonds is 12. The van der Waals surface area contributed by atoms with Crippen LogP contribution in [0.2, 0.25) is 0 Å². The zero-order chi connectivity index (χ0) is 32.1. The summed E-state index contributed by atoms with van der Waals surface area (Å²) in [6.45, 7) is 2.30. The minimum atomic E-state index is -0.401. The number of methoxy groups -OCH3 is 4. The van der Waals surface area contributed by atoms with Gasteiger partial charge >= 0.3 is 0 Å². The second-order valence-corrected chi connectivity index (χ2v) is 11.0. The van der Waals surface area contributed by atoms with E-state index in [1.54, 1.807) is 42.5 Å². The summed E-state index contributed by atoms with van der Waals surface area (Å²) in [4.78, 5) is 38.1. The third-order valence-electron chi connectivity index (χ3n) is 7.20. The molecule has 1 fully saturated rings. The Kier molecular flexibility index (Phi) is 9.68. The van der Waals surface area contributed by atoms with Crippen LogP contribution < -0.4 is 33.8 Å².